The molecule has 4 nitrogen and oxygen atoms in total. The number of furan rings is 1. The van der Waals surface area contributed by atoms with Crippen LogP contribution in [0.4, 0.5) is 0 Å². The number of hydrogen-bond acceptors (Lipinski definition) is 4. The standard InChI is InChI=1S/C10H15BrN2O2/c11-8-3-6-15-10(8)9(13-12)7-1-4-14-5-2-7/h3,6-7,9,13H,1-2,4-5,12H2. The molecule has 1 aliphatic rings. The SMILES string of the molecule is NNC(c1occc1Br)C1CCOCC1. The lowest BCUT2D eigenvalue weighted by Crippen LogP contribution is -2.36. The van der Waals surface area contributed by atoms with Crippen LogP contribution in [0.5, 0.6) is 0 Å². The van der Waals surface area contributed by atoms with Gasteiger partial charge in [-0.1, -0.05) is 0 Å². The molecule has 0 aliphatic carbocycles. The summed E-state index contributed by atoms with van der Waals surface area (Å²) in [6.45, 7) is 1.61. The fourth-order valence-corrected chi connectivity index (χ4v) is 2.45. The smallest absolute Gasteiger partial charge is 0.136 e. The van der Waals surface area contributed by atoms with Gasteiger partial charge in [-0.25, -0.2) is 5.43 Å². The summed E-state index contributed by atoms with van der Waals surface area (Å²) in [5.74, 6) is 6.95. The van der Waals surface area contributed by atoms with E-state index in [1.165, 1.54) is 0 Å². The second-order valence-electron chi connectivity index (χ2n) is 3.73. The van der Waals surface area contributed by atoms with Gasteiger partial charge in [0.05, 0.1) is 16.8 Å². The highest BCUT2D eigenvalue weighted by Gasteiger charge is 2.28. The zero-order valence-electron chi connectivity index (χ0n) is 8.41. The molecule has 0 bridgehead atoms. The van der Waals surface area contributed by atoms with E-state index in [9.17, 15) is 0 Å². The lowest BCUT2D eigenvalue weighted by molar-refractivity contribution is 0.0505. The molecule has 5 heteroatoms. The number of nitrogens with two attached hydrogens (primary N) is 1. The minimum absolute atomic E-state index is 0.0678. The molecule has 0 radical (unpaired) electrons. The van der Waals surface area contributed by atoms with Crippen molar-refractivity contribution in [1.29, 1.82) is 0 Å². The van der Waals surface area contributed by atoms with E-state index in [1.54, 1.807) is 6.26 Å². The van der Waals surface area contributed by atoms with Crippen LogP contribution in [0.15, 0.2) is 21.2 Å². The van der Waals surface area contributed by atoms with E-state index >= 15 is 0 Å². The van der Waals surface area contributed by atoms with Crippen molar-refractivity contribution in [2.24, 2.45) is 11.8 Å². The molecule has 0 aromatic carbocycles. The molecule has 0 amide bonds. The number of rotatable bonds is 3. The first-order valence-corrected chi connectivity index (χ1v) is 5.89. The van der Waals surface area contributed by atoms with Crippen LogP contribution in [0.2, 0.25) is 0 Å². The van der Waals surface area contributed by atoms with E-state index in [0.717, 1.165) is 36.3 Å². The fourth-order valence-electron chi connectivity index (χ4n) is 2.00. The number of nitrogens with one attached hydrogen (secondary N) is 1. The summed E-state index contributed by atoms with van der Waals surface area (Å²) >= 11 is 3.45. The van der Waals surface area contributed by atoms with E-state index in [2.05, 4.69) is 21.4 Å². The van der Waals surface area contributed by atoms with Gasteiger partial charge in [0, 0.05) is 13.2 Å². The van der Waals surface area contributed by atoms with Crippen molar-refractivity contribution in [1.82, 2.24) is 5.43 Å². The molecule has 0 saturated carbocycles. The zero-order chi connectivity index (χ0) is 10.7. The highest BCUT2D eigenvalue weighted by Crippen LogP contribution is 2.33. The van der Waals surface area contributed by atoms with E-state index in [0.29, 0.717) is 5.92 Å². The van der Waals surface area contributed by atoms with Crippen molar-refractivity contribution in [2.45, 2.75) is 18.9 Å². The lowest BCUT2D eigenvalue weighted by atomic mass is 9.91. The third kappa shape index (κ3) is 2.42. The molecule has 1 fully saturated rings. The Kier molecular flexibility index (Phi) is 3.80. The van der Waals surface area contributed by atoms with E-state index in [1.807, 2.05) is 6.07 Å². The van der Waals surface area contributed by atoms with Gasteiger partial charge in [-0.05, 0) is 40.8 Å². The average Bonchev–Trinajstić information content (AvgIpc) is 2.68. The van der Waals surface area contributed by atoms with Crippen molar-refractivity contribution in [3.8, 4) is 0 Å². The summed E-state index contributed by atoms with van der Waals surface area (Å²) < 4.78 is 11.7. The number of hydrogen-bond donors (Lipinski definition) is 2. The lowest BCUT2D eigenvalue weighted by Gasteiger charge is -2.28. The number of ether oxygens (including phenoxy) is 1. The average molecular weight is 275 g/mol. The van der Waals surface area contributed by atoms with Crippen molar-refractivity contribution in [2.75, 3.05) is 13.2 Å². The van der Waals surface area contributed by atoms with Gasteiger partial charge in [0.2, 0.25) is 0 Å². The third-order valence-corrected chi connectivity index (χ3v) is 3.50. The first-order valence-electron chi connectivity index (χ1n) is 5.09. The molecular weight excluding hydrogens is 260 g/mol. The zero-order valence-corrected chi connectivity index (χ0v) is 10.00. The van der Waals surface area contributed by atoms with Gasteiger partial charge in [-0.2, -0.15) is 0 Å². The van der Waals surface area contributed by atoms with Crippen LogP contribution in [0.25, 0.3) is 0 Å². The van der Waals surface area contributed by atoms with Gasteiger partial charge in [0.1, 0.15) is 5.76 Å². The van der Waals surface area contributed by atoms with Crippen molar-refractivity contribution < 1.29 is 9.15 Å². The third-order valence-electron chi connectivity index (χ3n) is 2.84. The Morgan fingerprint density at radius 3 is 2.73 bits per heavy atom. The maximum Gasteiger partial charge on any atom is 0.136 e. The van der Waals surface area contributed by atoms with E-state index < -0.39 is 0 Å². The largest absolute Gasteiger partial charge is 0.466 e. The minimum atomic E-state index is 0.0678. The van der Waals surface area contributed by atoms with Crippen LogP contribution in [0.3, 0.4) is 0 Å². The number of hydrazine groups is 1. The summed E-state index contributed by atoms with van der Waals surface area (Å²) in [5.41, 5.74) is 2.84. The highest BCUT2D eigenvalue weighted by atomic mass is 79.9. The predicted molar refractivity (Wildman–Crippen MR) is 60.0 cm³/mol. The Bertz CT molecular complexity index is 310. The van der Waals surface area contributed by atoms with Gasteiger partial charge >= 0.3 is 0 Å². The van der Waals surface area contributed by atoms with Crippen LogP contribution in [0, 0.1) is 5.92 Å². The molecule has 1 unspecified atom stereocenters. The second-order valence-corrected chi connectivity index (χ2v) is 4.58. The molecular formula is C10H15BrN2O2. The molecule has 1 aromatic rings. The first-order chi connectivity index (χ1) is 7.33. The normalized spacial score (nSPS) is 20.4. The fraction of sp³-hybridized carbons (Fsp3) is 0.600. The monoisotopic (exact) mass is 274 g/mol. The van der Waals surface area contributed by atoms with Crippen LogP contribution in [-0.2, 0) is 4.74 Å². The van der Waals surface area contributed by atoms with Crippen LogP contribution in [-0.4, -0.2) is 13.2 Å². The molecule has 1 aromatic heterocycles. The summed E-state index contributed by atoms with van der Waals surface area (Å²) in [7, 11) is 0. The van der Waals surface area contributed by atoms with Crippen molar-refractivity contribution in [3.05, 3.63) is 22.6 Å². The Morgan fingerprint density at radius 2 is 2.20 bits per heavy atom. The Hall–Kier alpha value is -0.360. The molecule has 2 rings (SSSR count). The number of halogens is 1. The quantitative estimate of drug-likeness (QED) is 0.654. The van der Waals surface area contributed by atoms with Gasteiger partial charge in [-0.3, -0.25) is 5.84 Å². The van der Waals surface area contributed by atoms with Crippen LogP contribution < -0.4 is 11.3 Å². The highest BCUT2D eigenvalue weighted by molar-refractivity contribution is 9.10. The topological polar surface area (TPSA) is 60.4 Å². The Balaban J connectivity index is 2.12. The van der Waals surface area contributed by atoms with Crippen molar-refractivity contribution >= 4 is 15.9 Å². The molecule has 0 spiro atoms. The summed E-state index contributed by atoms with van der Waals surface area (Å²) in [6, 6.07) is 1.96. The summed E-state index contributed by atoms with van der Waals surface area (Å²) in [5, 5.41) is 0. The minimum Gasteiger partial charge on any atom is -0.466 e. The van der Waals surface area contributed by atoms with Crippen molar-refractivity contribution in [3.63, 3.8) is 0 Å². The molecule has 15 heavy (non-hydrogen) atoms. The molecule has 1 saturated heterocycles. The van der Waals surface area contributed by atoms with Gasteiger partial charge in [0.25, 0.3) is 0 Å². The van der Waals surface area contributed by atoms with Gasteiger partial charge < -0.3 is 9.15 Å². The molecule has 3 N–H and O–H groups in total. The van der Waals surface area contributed by atoms with Crippen LogP contribution >= 0.6 is 15.9 Å². The maximum absolute atomic E-state index is 5.59. The van der Waals surface area contributed by atoms with E-state index in [-0.39, 0.29) is 6.04 Å². The Labute approximate surface area is 97.3 Å². The summed E-state index contributed by atoms with van der Waals surface area (Å²) in [4.78, 5) is 0. The molecule has 1 atom stereocenters. The molecule has 84 valence electrons. The van der Waals surface area contributed by atoms with Gasteiger partial charge in [0.15, 0.2) is 0 Å². The second kappa shape index (κ2) is 5.12. The maximum atomic E-state index is 5.59. The molecule has 1 aliphatic heterocycles. The van der Waals surface area contributed by atoms with Gasteiger partial charge in [-0.15, -0.1) is 0 Å². The predicted octanol–water partition coefficient (Wildman–Crippen LogP) is 1.97. The van der Waals surface area contributed by atoms with E-state index in [4.69, 9.17) is 15.0 Å². The Morgan fingerprint density at radius 1 is 1.47 bits per heavy atom. The van der Waals surface area contributed by atoms with Crippen LogP contribution in [0.1, 0.15) is 24.6 Å². The molecule has 2 heterocycles. The first kappa shape index (κ1) is 11.1. The summed E-state index contributed by atoms with van der Waals surface area (Å²) in [6.07, 6.45) is 3.70.